The first kappa shape index (κ1) is 16.3. The van der Waals surface area contributed by atoms with Crippen LogP contribution in [0.4, 0.5) is 0 Å². The summed E-state index contributed by atoms with van der Waals surface area (Å²) in [4.78, 5) is 12.3. The van der Waals surface area contributed by atoms with Crippen LogP contribution in [-0.4, -0.2) is 23.9 Å². The van der Waals surface area contributed by atoms with Crippen LogP contribution in [0.3, 0.4) is 0 Å². The molecule has 1 aromatic rings. The lowest BCUT2D eigenvalue weighted by molar-refractivity contribution is 0.0944. The Morgan fingerprint density at radius 1 is 1.38 bits per heavy atom. The van der Waals surface area contributed by atoms with E-state index in [0.717, 1.165) is 17.6 Å². The Morgan fingerprint density at radius 3 is 2.86 bits per heavy atom. The Morgan fingerprint density at radius 2 is 2.14 bits per heavy atom. The molecule has 1 aliphatic carbocycles. The molecule has 3 nitrogen and oxygen atoms in total. The van der Waals surface area contributed by atoms with Crippen molar-refractivity contribution in [1.29, 1.82) is 0 Å². The number of nitrogens with one attached hydrogen (secondary N) is 1. The number of benzene rings is 1. The number of ether oxygens (including phenoxy) is 1. The first-order valence-corrected chi connectivity index (χ1v) is 8.83. The molecule has 0 bridgehead atoms. The van der Waals surface area contributed by atoms with Gasteiger partial charge in [-0.25, -0.2) is 0 Å². The van der Waals surface area contributed by atoms with Gasteiger partial charge in [-0.2, -0.15) is 0 Å². The third-order valence-corrected chi connectivity index (χ3v) is 4.84. The van der Waals surface area contributed by atoms with Crippen molar-refractivity contribution < 1.29 is 9.53 Å². The number of carbonyl (C=O) groups excluding carboxylic acids is 1. The fourth-order valence-corrected chi connectivity index (χ4v) is 3.75. The van der Waals surface area contributed by atoms with Crippen molar-refractivity contribution in [2.45, 2.75) is 39.2 Å². The Balaban J connectivity index is 1.91. The fourth-order valence-electron chi connectivity index (χ4n) is 2.89. The molecule has 0 radical (unpaired) electrons. The molecule has 2 rings (SSSR count). The van der Waals surface area contributed by atoms with Gasteiger partial charge in [0.05, 0.1) is 6.10 Å². The molecule has 0 aliphatic heterocycles. The predicted molar refractivity (Wildman–Crippen MR) is 89.2 cm³/mol. The summed E-state index contributed by atoms with van der Waals surface area (Å²) < 4.78 is 5.63. The van der Waals surface area contributed by atoms with Crippen molar-refractivity contribution in [1.82, 2.24) is 5.32 Å². The van der Waals surface area contributed by atoms with E-state index in [9.17, 15) is 4.79 Å². The number of carbonyl (C=O) groups is 1. The molecular formula is C17H24BrNO2. The van der Waals surface area contributed by atoms with Crippen LogP contribution >= 0.6 is 15.9 Å². The van der Waals surface area contributed by atoms with E-state index in [2.05, 4.69) is 21.2 Å². The van der Waals surface area contributed by atoms with Gasteiger partial charge in [0.2, 0.25) is 0 Å². The minimum Gasteiger partial charge on any atom is -0.491 e. The van der Waals surface area contributed by atoms with Crippen molar-refractivity contribution in [3.63, 3.8) is 0 Å². The third-order valence-electron chi connectivity index (χ3n) is 4.01. The predicted octanol–water partition coefficient (Wildman–Crippen LogP) is 4.01. The van der Waals surface area contributed by atoms with Crippen LogP contribution in [0.2, 0.25) is 0 Å². The summed E-state index contributed by atoms with van der Waals surface area (Å²) in [5.41, 5.74) is 0.668. The van der Waals surface area contributed by atoms with Crippen LogP contribution in [0, 0.1) is 11.8 Å². The molecular weight excluding hydrogens is 330 g/mol. The highest BCUT2D eigenvalue weighted by atomic mass is 79.9. The summed E-state index contributed by atoms with van der Waals surface area (Å²) in [5, 5.41) is 4.10. The average molecular weight is 354 g/mol. The minimum absolute atomic E-state index is 0.00979. The normalized spacial score (nSPS) is 21.5. The topological polar surface area (TPSA) is 38.3 Å². The summed E-state index contributed by atoms with van der Waals surface area (Å²) in [5.74, 6) is 2.03. The maximum atomic E-state index is 12.3. The fraction of sp³-hybridized carbons (Fsp3) is 0.588. The number of amides is 1. The second-order valence-electron chi connectivity index (χ2n) is 6.01. The zero-order valence-electron chi connectivity index (χ0n) is 12.8. The van der Waals surface area contributed by atoms with Crippen LogP contribution in [-0.2, 0) is 0 Å². The number of hydrogen-bond donors (Lipinski definition) is 1. The maximum Gasteiger partial charge on any atom is 0.251 e. The molecule has 1 N–H and O–H groups in total. The van der Waals surface area contributed by atoms with Crippen LogP contribution in [0.5, 0.6) is 5.75 Å². The molecule has 0 spiro atoms. The quantitative estimate of drug-likeness (QED) is 0.784. The SMILES string of the molecule is CC(C)Oc1cccc(C(=O)NCC2CCCC2CBr)c1. The molecule has 1 fully saturated rings. The van der Waals surface area contributed by atoms with Gasteiger partial charge in [0, 0.05) is 17.4 Å². The Labute approximate surface area is 135 Å². The average Bonchev–Trinajstić information content (AvgIpc) is 2.91. The lowest BCUT2D eigenvalue weighted by Crippen LogP contribution is -2.31. The number of halogens is 1. The number of alkyl halides is 1. The molecule has 4 heteroatoms. The summed E-state index contributed by atoms with van der Waals surface area (Å²) in [6.07, 6.45) is 3.87. The standard InChI is InChI=1S/C17H24BrNO2/c1-12(2)21-16-8-4-5-13(9-16)17(20)19-11-15-7-3-6-14(15)10-18/h4-5,8-9,12,14-15H,3,6-7,10-11H2,1-2H3,(H,19,20). The van der Waals surface area contributed by atoms with Gasteiger partial charge in [0.25, 0.3) is 5.91 Å². The number of rotatable bonds is 6. The van der Waals surface area contributed by atoms with E-state index in [1.807, 2.05) is 38.1 Å². The molecule has 21 heavy (non-hydrogen) atoms. The van der Waals surface area contributed by atoms with Gasteiger partial charge < -0.3 is 10.1 Å². The lowest BCUT2D eigenvalue weighted by atomic mass is 9.98. The molecule has 116 valence electrons. The van der Waals surface area contributed by atoms with Gasteiger partial charge in [-0.3, -0.25) is 4.79 Å². The van der Waals surface area contributed by atoms with Gasteiger partial charge in [-0.15, -0.1) is 0 Å². The van der Waals surface area contributed by atoms with E-state index in [1.54, 1.807) is 0 Å². The Hall–Kier alpha value is -1.03. The molecule has 0 saturated heterocycles. The highest BCUT2D eigenvalue weighted by Crippen LogP contribution is 2.32. The van der Waals surface area contributed by atoms with Crippen LogP contribution in [0.25, 0.3) is 0 Å². The third kappa shape index (κ3) is 4.73. The summed E-state index contributed by atoms with van der Waals surface area (Å²) in [6.45, 7) is 4.73. The zero-order chi connectivity index (χ0) is 15.2. The summed E-state index contributed by atoms with van der Waals surface area (Å²) in [7, 11) is 0. The van der Waals surface area contributed by atoms with Crippen LogP contribution < -0.4 is 10.1 Å². The van der Waals surface area contributed by atoms with Crippen molar-refractivity contribution in [2.24, 2.45) is 11.8 Å². The van der Waals surface area contributed by atoms with Gasteiger partial charge in [0.1, 0.15) is 5.75 Å². The van der Waals surface area contributed by atoms with E-state index in [4.69, 9.17) is 4.74 Å². The second-order valence-corrected chi connectivity index (χ2v) is 6.66. The zero-order valence-corrected chi connectivity index (χ0v) is 14.4. The monoisotopic (exact) mass is 353 g/mol. The first-order chi connectivity index (χ1) is 10.1. The van der Waals surface area contributed by atoms with Crippen LogP contribution in [0.1, 0.15) is 43.5 Å². The van der Waals surface area contributed by atoms with Crippen molar-refractivity contribution in [3.8, 4) is 5.75 Å². The molecule has 1 amide bonds. The highest BCUT2D eigenvalue weighted by Gasteiger charge is 2.26. The van der Waals surface area contributed by atoms with E-state index < -0.39 is 0 Å². The van der Waals surface area contributed by atoms with E-state index in [0.29, 0.717) is 17.4 Å². The molecule has 0 heterocycles. The first-order valence-electron chi connectivity index (χ1n) is 7.71. The lowest BCUT2D eigenvalue weighted by Gasteiger charge is -2.18. The minimum atomic E-state index is -0.00979. The van der Waals surface area contributed by atoms with Crippen LogP contribution in [0.15, 0.2) is 24.3 Å². The van der Waals surface area contributed by atoms with Crippen molar-refractivity contribution >= 4 is 21.8 Å². The summed E-state index contributed by atoms with van der Waals surface area (Å²) in [6, 6.07) is 7.39. The molecule has 1 saturated carbocycles. The Kier molecular flexibility index (Phi) is 6.09. The van der Waals surface area contributed by atoms with E-state index >= 15 is 0 Å². The smallest absolute Gasteiger partial charge is 0.251 e. The summed E-state index contributed by atoms with van der Waals surface area (Å²) >= 11 is 3.57. The van der Waals surface area contributed by atoms with Gasteiger partial charge in [-0.05, 0) is 56.7 Å². The highest BCUT2D eigenvalue weighted by molar-refractivity contribution is 9.09. The van der Waals surface area contributed by atoms with Gasteiger partial charge in [-0.1, -0.05) is 28.4 Å². The number of hydrogen-bond acceptors (Lipinski definition) is 2. The van der Waals surface area contributed by atoms with Crippen molar-refractivity contribution in [2.75, 3.05) is 11.9 Å². The molecule has 2 atom stereocenters. The van der Waals surface area contributed by atoms with Gasteiger partial charge in [0.15, 0.2) is 0 Å². The molecule has 0 aromatic heterocycles. The molecule has 2 unspecified atom stereocenters. The molecule has 1 aromatic carbocycles. The largest absolute Gasteiger partial charge is 0.491 e. The second kappa shape index (κ2) is 7.83. The molecule has 1 aliphatic rings. The maximum absolute atomic E-state index is 12.3. The van der Waals surface area contributed by atoms with Gasteiger partial charge >= 0.3 is 0 Å². The Bertz CT molecular complexity index is 476. The van der Waals surface area contributed by atoms with E-state index in [-0.39, 0.29) is 12.0 Å². The van der Waals surface area contributed by atoms with E-state index in [1.165, 1.54) is 19.3 Å². The van der Waals surface area contributed by atoms with Crippen molar-refractivity contribution in [3.05, 3.63) is 29.8 Å².